The third-order valence-corrected chi connectivity index (χ3v) is 3.90. The van der Waals surface area contributed by atoms with Crippen molar-refractivity contribution in [1.82, 2.24) is 10.6 Å². The molecule has 6 nitrogen and oxygen atoms in total. The van der Waals surface area contributed by atoms with E-state index < -0.39 is 11.5 Å². The second kappa shape index (κ2) is 8.64. The number of amides is 2. The SMILES string of the molecule is CCCNC(=O)CCC(=O)NC1(C(=O)O)CCCCCC1. The molecule has 0 aromatic heterocycles. The maximum absolute atomic E-state index is 12.0. The van der Waals surface area contributed by atoms with Crippen LogP contribution in [0.25, 0.3) is 0 Å². The summed E-state index contributed by atoms with van der Waals surface area (Å²) in [7, 11) is 0. The van der Waals surface area contributed by atoms with Crippen LogP contribution in [-0.4, -0.2) is 35.0 Å². The largest absolute Gasteiger partial charge is 0.480 e. The molecule has 2 amide bonds. The molecule has 120 valence electrons. The molecule has 3 N–H and O–H groups in total. The van der Waals surface area contributed by atoms with Crippen LogP contribution in [0.3, 0.4) is 0 Å². The average molecular weight is 298 g/mol. The Morgan fingerprint density at radius 2 is 1.57 bits per heavy atom. The van der Waals surface area contributed by atoms with Crippen molar-refractivity contribution < 1.29 is 19.5 Å². The van der Waals surface area contributed by atoms with Crippen LogP contribution in [0.15, 0.2) is 0 Å². The van der Waals surface area contributed by atoms with E-state index in [2.05, 4.69) is 10.6 Å². The lowest BCUT2D eigenvalue weighted by Crippen LogP contribution is -2.54. The molecule has 1 fully saturated rings. The number of nitrogens with one attached hydrogen (secondary N) is 2. The number of carbonyl (C=O) groups excluding carboxylic acids is 2. The fourth-order valence-electron chi connectivity index (χ4n) is 2.63. The van der Waals surface area contributed by atoms with Crippen LogP contribution in [0.2, 0.25) is 0 Å². The van der Waals surface area contributed by atoms with E-state index in [1.54, 1.807) is 0 Å². The highest BCUT2D eigenvalue weighted by atomic mass is 16.4. The number of hydrogen-bond acceptors (Lipinski definition) is 3. The van der Waals surface area contributed by atoms with Gasteiger partial charge >= 0.3 is 5.97 Å². The Bertz CT molecular complexity index is 374. The lowest BCUT2D eigenvalue weighted by Gasteiger charge is -2.29. The molecular weight excluding hydrogens is 272 g/mol. The van der Waals surface area contributed by atoms with Crippen LogP contribution in [0.5, 0.6) is 0 Å². The van der Waals surface area contributed by atoms with Crippen molar-refractivity contribution in [2.45, 2.75) is 70.3 Å². The van der Waals surface area contributed by atoms with Gasteiger partial charge in [0.25, 0.3) is 0 Å². The minimum absolute atomic E-state index is 0.0323. The van der Waals surface area contributed by atoms with Gasteiger partial charge in [-0.1, -0.05) is 32.6 Å². The van der Waals surface area contributed by atoms with Crippen LogP contribution in [0.1, 0.15) is 64.7 Å². The number of carbonyl (C=O) groups is 3. The van der Waals surface area contributed by atoms with Gasteiger partial charge in [0.2, 0.25) is 11.8 Å². The third-order valence-electron chi connectivity index (χ3n) is 3.90. The van der Waals surface area contributed by atoms with E-state index in [0.29, 0.717) is 19.4 Å². The van der Waals surface area contributed by atoms with Crippen LogP contribution < -0.4 is 10.6 Å². The fourth-order valence-corrected chi connectivity index (χ4v) is 2.63. The van der Waals surface area contributed by atoms with E-state index in [4.69, 9.17) is 0 Å². The van der Waals surface area contributed by atoms with Gasteiger partial charge in [-0.25, -0.2) is 4.79 Å². The summed E-state index contributed by atoms with van der Waals surface area (Å²) in [6, 6.07) is 0. The first kappa shape index (κ1) is 17.5. The lowest BCUT2D eigenvalue weighted by atomic mass is 9.90. The summed E-state index contributed by atoms with van der Waals surface area (Å²) in [6.07, 6.45) is 5.54. The second-order valence-electron chi connectivity index (χ2n) is 5.70. The van der Waals surface area contributed by atoms with E-state index >= 15 is 0 Å². The van der Waals surface area contributed by atoms with Gasteiger partial charge in [0.1, 0.15) is 5.54 Å². The first-order valence-electron chi connectivity index (χ1n) is 7.81. The van der Waals surface area contributed by atoms with Gasteiger partial charge in [0.05, 0.1) is 0 Å². The number of carboxylic acids is 1. The Balaban J connectivity index is 2.49. The molecule has 0 bridgehead atoms. The third kappa shape index (κ3) is 5.73. The minimum Gasteiger partial charge on any atom is -0.480 e. The van der Waals surface area contributed by atoms with Crippen molar-refractivity contribution in [2.24, 2.45) is 0 Å². The summed E-state index contributed by atoms with van der Waals surface area (Å²) in [4.78, 5) is 35.0. The summed E-state index contributed by atoms with van der Waals surface area (Å²) in [6.45, 7) is 2.55. The molecule has 0 radical (unpaired) electrons. The normalized spacial score (nSPS) is 17.6. The highest BCUT2D eigenvalue weighted by Crippen LogP contribution is 2.27. The molecule has 0 saturated heterocycles. The maximum atomic E-state index is 12.0. The number of hydrogen-bond donors (Lipinski definition) is 3. The van der Waals surface area contributed by atoms with Crippen LogP contribution in [0, 0.1) is 0 Å². The molecule has 0 atom stereocenters. The summed E-state index contributed by atoms with van der Waals surface area (Å²) < 4.78 is 0. The maximum Gasteiger partial charge on any atom is 0.329 e. The molecular formula is C15H26N2O4. The summed E-state index contributed by atoms with van der Waals surface area (Å²) in [5.41, 5.74) is -1.15. The summed E-state index contributed by atoms with van der Waals surface area (Å²) in [5, 5.41) is 14.8. The van der Waals surface area contributed by atoms with Crippen LogP contribution in [0.4, 0.5) is 0 Å². The van der Waals surface area contributed by atoms with E-state index in [0.717, 1.165) is 32.1 Å². The summed E-state index contributed by atoms with van der Waals surface area (Å²) in [5.74, 6) is -1.49. The quantitative estimate of drug-likeness (QED) is 0.622. The molecule has 0 aromatic carbocycles. The van der Waals surface area contributed by atoms with E-state index in [1.165, 1.54) is 0 Å². The zero-order chi connectivity index (χ0) is 15.7. The van der Waals surface area contributed by atoms with Crippen molar-refractivity contribution in [2.75, 3.05) is 6.54 Å². The predicted molar refractivity (Wildman–Crippen MR) is 78.7 cm³/mol. The highest BCUT2D eigenvalue weighted by Gasteiger charge is 2.39. The number of rotatable bonds is 7. The van der Waals surface area contributed by atoms with Gasteiger partial charge < -0.3 is 15.7 Å². The highest BCUT2D eigenvalue weighted by molar-refractivity contribution is 5.89. The smallest absolute Gasteiger partial charge is 0.329 e. The molecule has 1 aliphatic carbocycles. The molecule has 1 aliphatic rings. The lowest BCUT2D eigenvalue weighted by molar-refractivity contribution is -0.148. The van der Waals surface area contributed by atoms with Crippen molar-refractivity contribution >= 4 is 17.8 Å². The first-order chi connectivity index (χ1) is 10.00. The molecule has 0 unspecified atom stereocenters. The zero-order valence-corrected chi connectivity index (χ0v) is 12.7. The van der Waals surface area contributed by atoms with Crippen LogP contribution >= 0.6 is 0 Å². The minimum atomic E-state index is -1.15. The summed E-state index contributed by atoms with van der Waals surface area (Å²) >= 11 is 0. The van der Waals surface area contributed by atoms with Gasteiger partial charge in [-0.15, -0.1) is 0 Å². The zero-order valence-electron chi connectivity index (χ0n) is 12.7. The monoisotopic (exact) mass is 298 g/mol. The Hall–Kier alpha value is -1.59. The van der Waals surface area contributed by atoms with Crippen molar-refractivity contribution in [3.05, 3.63) is 0 Å². The molecule has 0 spiro atoms. The molecule has 1 saturated carbocycles. The molecule has 6 heteroatoms. The second-order valence-corrected chi connectivity index (χ2v) is 5.70. The molecule has 0 aromatic rings. The van der Waals surface area contributed by atoms with Crippen molar-refractivity contribution in [3.63, 3.8) is 0 Å². The van der Waals surface area contributed by atoms with E-state index in [-0.39, 0.29) is 24.7 Å². The van der Waals surface area contributed by atoms with Gasteiger partial charge in [0, 0.05) is 19.4 Å². The van der Waals surface area contributed by atoms with Gasteiger partial charge in [-0.2, -0.15) is 0 Å². The van der Waals surface area contributed by atoms with E-state index in [9.17, 15) is 19.5 Å². The van der Waals surface area contributed by atoms with Crippen LogP contribution in [-0.2, 0) is 14.4 Å². The van der Waals surface area contributed by atoms with Gasteiger partial charge in [0.15, 0.2) is 0 Å². The standard InChI is InChI=1S/C15H26N2O4/c1-2-11-16-12(18)7-8-13(19)17-15(14(20)21)9-5-3-4-6-10-15/h2-11H2,1H3,(H,16,18)(H,17,19)(H,20,21). The Morgan fingerprint density at radius 1 is 1.00 bits per heavy atom. The Morgan fingerprint density at radius 3 is 2.10 bits per heavy atom. The van der Waals surface area contributed by atoms with Crippen molar-refractivity contribution in [1.29, 1.82) is 0 Å². The predicted octanol–water partition coefficient (Wildman–Crippen LogP) is 1.59. The molecule has 1 rings (SSSR count). The number of carboxylic acid groups (broad SMARTS) is 1. The average Bonchev–Trinajstić information content (AvgIpc) is 2.69. The van der Waals surface area contributed by atoms with Gasteiger partial charge in [-0.05, 0) is 19.3 Å². The number of aliphatic carboxylic acids is 1. The fraction of sp³-hybridized carbons (Fsp3) is 0.800. The van der Waals surface area contributed by atoms with Gasteiger partial charge in [-0.3, -0.25) is 9.59 Å². The molecule has 0 heterocycles. The Kier molecular flexibility index (Phi) is 7.19. The topological polar surface area (TPSA) is 95.5 Å². The molecule has 21 heavy (non-hydrogen) atoms. The van der Waals surface area contributed by atoms with E-state index in [1.807, 2.05) is 6.92 Å². The van der Waals surface area contributed by atoms with Crippen molar-refractivity contribution in [3.8, 4) is 0 Å². The Labute approximate surface area is 125 Å². The first-order valence-corrected chi connectivity index (χ1v) is 7.81. The molecule has 0 aliphatic heterocycles.